The van der Waals surface area contributed by atoms with Crippen molar-refractivity contribution >= 4 is 16.9 Å². The van der Waals surface area contributed by atoms with E-state index in [2.05, 4.69) is 9.88 Å². The van der Waals surface area contributed by atoms with Gasteiger partial charge in [0.15, 0.2) is 5.76 Å². The molecule has 1 aromatic carbocycles. The second kappa shape index (κ2) is 6.88. The van der Waals surface area contributed by atoms with E-state index in [1.54, 1.807) is 24.1 Å². The number of pyridine rings is 1. The average Bonchev–Trinajstić information content (AvgIpc) is 2.99. The van der Waals surface area contributed by atoms with Gasteiger partial charge in [-0.1, -0.05) is 6.07 Å². The van der Waals surface area contributed by atoms with E-state index in [0.717, 1.165) is 25.3 Å². The second-order valence-electron chi connectivity index (χ2n) is 6.59. The molecule has 5 nitrogen and oxygen atoms in total. The Balaban J connectivity index is 1.44. The first-order valence-corrected chi connectivity index (χ1v) is 8.72. The lowest BCUT2D eigenvalue weighted by Crippen LogP contribution is -2.48. The number of fused-ring (bicyclic) bond motifs is 1. The van der Waals surface area contributed by atoms with Crippen LogP contribution in [0.25, 0.3) is 11.0 Å². The second-order valence-corrected chi connectivity index (χ2v) is 6.59. The maximum absolute atomic E-state index is 13.5. The van der Waals surface area contributed by atoms with Gasteiger partial charge in [-0.2, -0.15) is 0 Å². The van der Waals surface area contributed by atoms with Gasteiger partial charge in [0.1, 0.15) is 11.4 Å². The van der Waals surface area contributed by atoms with E-state index in [1.165, 1.54) is 12.1 Å². The van der Waals surface area contributed by atoms with E-state index < -0.39 is 0 Å². The summed E-state index contributed by atoms with van der Waals surface area (Å²) in [5, 5.41) is 0.655. The average molecular weight is 353 g/mol. The van der Waals surface area contributed by atoms with Crippen molar-refractivity contribution in [3.8, 4) is 0 Å². The number of benzene rings is 1. The number of carbonyl (C=O) groups excluding carboxylic acids is 1. The summed E-state index contributed by atoms with van der Waals surface area (Å²) >= 11 is 0. The number of furan rings is 1. The summed E-state index contributed by atoms with van der Waals surface area (Å²) in [6.45, 7) is 5.43. The van der Waals surface area contributed by atoms with Gasteiger partial charge >= 0.3 is 0 Å². The van der Waals surface area contributed by atoms with E-state index in [4.69, 9.17) is 4.42 Å². The van der Waals surface area contributed by atoms with Crippen LogP contribution in [0.5, 0.6) is 0 Å². The number of hydrogen-bond donors (Lipinski definition) is 0. The number of nitrogens with zero attached hydrogens (tertiary/aromatic N) is 3. The minimum atomic E-state index is -0.330. The summed E-state index contributed by atoms with van der Waals surface area (Å²) in [5.74, 6) is -0.149. The Morgan fingerprint density at radius 3 is 2.73 bits per heavy atom. The summed E-state index contributed by atoms with van der Waals surface area (Å²) in [6.07, 6.45) is 1.79. The van der Waals surface area contributed by atoms with Crippen molar-refractivity contribution < 1.29 is 13.6 Å². The zero-order valence-electron chi connectivity index (χ0n) is 14.6. The van der Waals surface area contributed by atoms with Crippen LogP contribution < -0.4 is 0 Å². The Morgan fingerprint density at radius 2 is 2.00 bits per heavy atom. The Kier molecular flexibility index (Phi) is 4.42. The largest absolute Gasteiger partial charge is 0.451 e. The van der Waals surface area contributed by atoms with Crippen LogP contribution in [0.3, 0.4) is 0 Å². The molecule has 0 N–H and O–H groups in total. The predicted molar refractivity (Wildman–Crippen MR) is 96.3 cm³/mol. The minimum absolute atomic E-state index is 0.128. The van der Waals surface area contributed by atoms with Crippen molar-refractivity contribution in [1.29, 1.82) is 0 Å². The van der Waals surface area contributed by atoms with E-state index in [1.807, 2.05) is 18.2 Å². The van der Waals surface area contributed by atoms with Gasteiger partial charge in [-0.15, -0.1) is 0 Å². The lowest BCUT2D eigenvalue weighted by molar-refractivity contribution is 0.0597. The van der Waals surface area contributed by atoms with Crippen molar-refractivity contribution in [3.63, 3.8) is 0 Å². The monoisotopic (exact) mass is 353 g/mol. The standard InChI is InChI=1S/C20H20FN3O2/c1-14-17-12-15(21)5-6-18(17)26-19(14)20(25)24-10-8-23(9-11-24)13-16-4-2-3-7-22-16/h2-7,12H,8-11,13H2,1H3. The smallest absolute Gasteiger partial charge is 0.289 e. The molecule has 1 fully saturated rings. The molecule has 26 heavy (non-hydrogen) atoms. The Morgan fingerprint density at radius 1 is 1.19 bits per heavy atom. The zero-order chi connectivity index (χ0) is 18.1. The number of halogens is 1. The zero-order valence-corrected chi connectivity index (χ0v) is 14.6. The fraction of sp³-hybridized carbons (Fsp3) is 0.300. The molecule has 3 heterocycles. The summed E-state index contributed by atoms with van der Waals surface area (Å²) in [6, 6.07) is 10.2. The van der Waals surface area contributed by atoms with Crippen LogP contribution in [0.2, 0.25) is 0 Å². The number of rotatable bonds is 3. The third-order valence-electron chi connectivity index (χ3n) is 4.86. The molecule has 6 heteroatoms. The predicted octanol–water partition coefficient (Wildman–Crippen LogP) is 3.23. The van der Waals surface area contributed by atoms with Crippen LogP contribution in [-0.4, -0.2) is 46.9 Å². The molecule has 1 saturated heterocycles. The highest BCUT2D eigenvalue weighted by atomic mass is 19.1. The van der Waals surface area contributed by atoms with Gasteiger partial charge in [-0.05, 0) is 37.3 Å². The molecular formula is C20H20FN3O2. The summed E-state index contributed by atoms with van der Waals surface area (Å²) in [4.78, 5) is 21.3. The van der Waals surface area contributed by atoms with Crippen molar-refractivity contribution in [3.05, 3.63) is 65.4 Å². The summed E-state index contributed by atoms with van der Waals surface area (Å²) < 4.78 is 19.2. The molecule has 3 aromatic rings. The molecule has 2 aromatic heterocycles. The molecule has 0 radical (unpaired) electrons. The van der Waals surface area contributed by atoms with E-state index in [-0.39, 0.29) is 11.7 Å². The normalized spacial score (nSPS) is 15.5. The lowest BCUT2D eigenvalue weighted by Gasteiger charge is -2.34. The van der Waals surface area contributed by atoms with Gasteiger partial charge in [0.2, 0.25) is 0 Å². The molecule has 1 amide bonds. The molecule has 4 rings (SSSR count). The Bertz CT molecular complexity index is 931. The van der Waals surface area contributed by atoms with Crippen LogP contribution in [-0.2, 0) is 6.54 Å². The van der Waals surface area contributed by atoms with Crippen molar-refractivity contribution in [1.82, 2.24) is 14.8 Å². The van der Waals surface area contributed by atoms with E-state index >= 15 is 0 Å². The van der Waals surface area contributed by atoms with E-state index in [9.17, 15) is 9.18 Å². The number of amides is 1. The molecular weight excluding hydrogens is 333 g/mol. The fourth-order valence-corrected chi connectivity index (χ4v) is 3.37. The molecule has 0 unspecified atom stereocenters. The van der Waals surface area contributed by atoms with Gasteiger partial charge in [0.05, 0.1) is 5.69 Å². The molecule has 0 atom stereocenters. The van der Waals surface area contributed by atoms with Gasteiger partial charge in [0.25, 0.3) is 5.91 Å². The highest BCUT2D eigenvalue weighted by molar-refractivity contribution is 5.99. The maximum atomic E-state index is 13.5. The number of aromatic nitrogens is 1. The number of piperazine rings is 1. The van der Waals surface area contributed by atoms with E-state index in [0.29, 0.717) is 35.4 Å². The first-order valence-electron chi connectivity index (χ1n) is 8.72. The first-order chi connectivity index (χ1) is 12.6. The highest BCUT2D eigenvalue weighted by Crippen LogP contribution is 2.27. The minimum Gasteiger partial charge on any atom is -0.451 e. The molecule has 0 bridgehead atoms. The molecule has 0 spiro atoms. The van der Waals surface area contributed by atoms with Gasteiger partial charge in [-0.25, -0.2) is 4.39 Å². The number of hydrogen-bond acceptors (Lipinski definition) is 4. The SMILES string of the molecule is Cc1c(C(=O)N2CCN(Cc3ccccn3)CC2)oc2ccc(F)cc12. The Labute approximate surface area is 151 Å². The summed E-state index contributed by atoms with van der Waals surface area (Å²) in [7, 11) is 0. The van der Waals surface area contributed by atoms with Crippen molar-refractivity contribution in [2.45, 2.75) is 13.5 Å². The van der Waals surface area contributed by atoms with Gasteiger partial charge < -0.3 is 9.32 Å². The third kappa shape index (κ3) is 3.20. The molecule has 134 valence electrons. The molecule has 1 aliphatic rings. The summed E-state index contributed by atoms with van der Waals surface area (Å²) in [5.41, 5.74) is 2.27. The Hall–Kier alpha value is -2.73. The number of aryl methyl sites for hydroxylation is 1. The number of carbonyl (C=O) groups is 1. The van der Waals surface area contributed by atoms with Crippen molar-refractivity contribution in [2.75, 3.05) is 26.2 Å². The molecule has 0 aliphatic carbocycles. The topological polar surface area (TPSA) is 49.6 Å². The molecule has 0 saturated carbocycles. The van der Waals surface area contributed by atoms with Crippen LogP contribution >= 0.6 is 0 Å². The van der Waals surface area contributed by atoms with Crippen LogP contribution in [0.1, 0.15) is 21.8 Å². The van der Waals surface area contributed by atoms with Crippen LogP contribution in [0.15, 0.2) is 47.0 Å². The lowest BCUT2D eigenvalue weighted by atomic mass is 10.1. The van der Waals surface area contributed by atoms with Crippen LogP contribution in [0, 0.1) is 12.7 Å². The van der Waals surface area contributed by atoms with Gasteiger partial charge in [-0.3, -0.25) is 14.7 Å². The van der Waals surface area contributed by atoms with Gasteiger partial charge in [0, 0.05) is 49.9 Å². The molecule has 1 aliphatic heterocycles. The van der Waals surface area contributed by atoms with Crippen LogP contribution in [0.4, 0.5) is 4.39 Å². The first kappa shape index (κ1) is 16.7. The maximum Gasteiger partial charge on any atom is 0.289 e. The highest BCUT2D eigenvalue weighted by Gasteiger charge is 2.26. The quantitative estimate of drug-likeness (QED) is 0.725. The van der Waals surface area contributed by atoms with Crippen molar-refractivity contribution in [2.24, 2.45) is 0 Å². The fourth-order valence-electron chi connectivity index (χ4n) is 3.37. The third-order valence-corrected chi connectivity index (χ3v) is 4.86.